The molecule has 4 rings (SSSR count). The van der Waals surface area contributed by atoms with Gasteiger partial charge in [0.25, 0.3) is 5.91 Å². The second-order valence-corrected chi connectivity index (χ2v) is 7.67. The number of aliphatic carboxylic acids is 2. The number of pyridine rings is 2. The summed E-state index contributed by atoms with van der Waals surface area (Å²) >= 11 is 0. The molecular weight excluding hydrogens is 532 g/mol. The van der Waals surface area contributed by atoms with Crippen LogP contribution in [0.3, 0.4) is 0 Å². The van der Waals surface area contributed by atoms with Crippen molar-refractivity contribution in [2.24, 2.45) is 0 Å². The first-order valence-corrected chi connectivity index (χ1v) is 10.7. The highest BCUT2D eigenvalue weighted by atomic mass is 19.4. The lowest BCUT2D eigenvalue weighted by Crippen LogP contribution is -2.44. The number of alkyl halides is 6. The number of amides is 1. The van der Waals surface area contributed by atoms with Crippen LogP contribution in [0, 0.1) is 0 Å². The van der Waals surface area contributed by atoms with E-state index >= 15 is 0 Å². The molecule has 0 bridgehead atoms. The molecule has 3 atom stereocenters. The van der Waals surface area contributed by atoms with Crippen LogP contribution in [0.15, 0.2) is 48.9 Å². The average molecular weight is 553 g/mol. The van der Waals surface area contributed by atoms with Crippen LogP contribution >= 0.6 is 0 Å². The van der Waals surface area contributed by atoms with Crippen molar-refractivity contribution in [2.75, 3.05) is 13.2 Å². The van der Waals surface area contributed by atoms with Crippen LogP contribution in [-0.4, -0.2) is 86.7 Å². The Balaban J connectivity index is 0.000000301. The number of carboxylic acids is 2. The van der Waals surface area contributed by atoms with Gasteiger partial charge in [-0.25, -0.2) is 14.6 Å². The van der Waals surface area contributed by atoms with Gasteiger partial charge in [0, 0.05) is 36.8 Å². The molecule has 2 aliphatic rings. The van der Waals surface area contributed by atoms with Gasteiger partial charge in [-0.15, -0.1) is 0 Å². The van der Waals surface area contributed by atoms with Crippen LogP contribution < -0.4 is 4.74 Å². The predicted octanol–water partition coefficient (Wildman–Crippen LogP) is 3.19. The first kappa shape index (κ1) is 30.3. The standard InChI is InChI=1S/C18H19N3O3.2C2HF3O2/c22-18(13-6-9-19-10-7-13)21-12-15(17-14(21)4-3-11-23-17)24-16-5-1-2-8-20-16;2*3-2(4,5)1(6)7/h1-2,5-10,14-15,17H,3-4,11-12H2;2*(H,6,7)/t14-,15+,17+;;/m1../s1. The number of hydrogen-bond acceptors (Lipinski definition) is 7. The number of carbonyl (C=O) groups is 3. The molecule has 0 aliphatic carbocycles. The first-order valence-electron chi connectivity index (χ1n) is 10.7. The topological polar surface area (TPSA) is 139 Å². The summed E-state index contributed by atoms with van der Waals surface area (Å²) in [4.78, 5) is 40.7. The number of halogens is 6. The lowest BCUT2D eigenvalue weighted by atomic mass is 10.0. The summed E-state index contributed by atoms with van der Waals surface area (Å²) in [6.45, 7) is 1.22. The number of fused-ring (bicyclic) bond motifs is 1. The number of carboxylic acid groups (broad SMARTS) is 2. The molecule has 1 amide bonds. The molecule has 208 valence electrons. The second kappa shape index (κ2) is 13.0. The van der Waals surface area contributed by atoms with Gasteiger partial charge in [0.05, 0.1) is 12.6 Å². The SMILES string of the molecule is O=C(O)C(F)(F)F.O=C(O)C(F)(F)F.O=C(c1ccncc1)N1C[C@H](Oc2ccccn2)[C@H]2OCCC[C@H]21. The van der Waals surface area contributed by atoms with Gasteiger partial charge in [0.2, 0.25) is 5.88 Å². The number of ether oxygens (including phenoxy) is 2. The van der Waals surface area contributed by atoms with Gasteiger partial charge in [-0.1, -0.05) is 6.07 Å². The predicted molar refractivity (Wildman–Crippen MR) is 114 cm³/mol. The fraction of sp³-hybridized carbons (Fsp3) is 0.409. The van der Waals surface area contributed by atoms with Crippen molar-refractivity contribution in [3.05, 3.63) is 54.5 Å². The Labute approximate surface area is 210 Å². The minimum Gasteiger partial charge on any atom is -0.475 e. The fourth-order valence-corrected chi connectivity index (χ4v) is 3.48. The van der Waals surface area contributed by atoms with E-state index in [1.54, 1.807) is 30.7 Å². The zero-order valence-corrected chi connectivity index (χ0v) is 19.2. The Bertz CT molecular complexity index is 1050. The molecule has 38 heavy (non-hydrogen) atoms. The van der Waals surface area contributed by atoms with E-state index in [-0.39, 0.29) is 24.2 Å². The molecule has 2 aromatic rings. The smallest absolute Gasteiger partial charge is 0.475 e. The Morgan fingerprint density at radius 1 is 0.947 bits per heavy atom. The molecule has 0 saturated carbocycles. The lowest BCUT2D eigenvalue weighted by molar-refractivity contribution is -0.193. The molecular formula is C22H21F6N3O7. The third-order valence-corrected chi connectivity index (χ3v) is 5.06. The van der Waals surface area contributed by atoms with Gasteiger partial charge < -0.3 is 24.6 Å². The summed E-state index contributed by atoms with van der Waals surface area (Å²) in [5.41, 5.74) is 0.646. The number of nitrogens with zero attached hydrogens (tertiary/aromatic N) is 3. The summed E-state index contributed by atoms with van der Waals surface area (Å²) in [5, 5.41) is 14.2. The van der Waals surface area contributed by atoms with Gasteiger partial charge in [-0.05, 0) is 31.0 Å². The minimum absolute atomic E-state index is 0.00465. The van der Waals surface area contributed by atoms with Gasteiger partial charge in [-0.2, -0.15) is 26.3 Å². The number of carbonyl (C=O) groups excluding carboxylic acids is 1. The molecule has 0 spiro atoms. The van der Waals surface area contributed by atoms with Crippen LogP contribution in [-0.2, 0) is 14.3 Å². The molecule has 0 aromatic carbocycles. The van der Waals surface area contributed by atoms with E-state index in [0.29, 0.717) is 24.6 Å². The Hall–Kier alpha value is -3.95. The molecule has 10 nitrogen and oxygen atoms in total. The number of rotatable bonds is 3. The third kappa shape index (κ3) is 8.86. The molecule has 2 saturated heterocycles. The number of aromatic nitrogens is 2. The van der Waals surface area contributed by atoms with Crippen LogP contribution in [0.5, 0.6) is 5.88 Å². The van der Waals surface area contributed by atoms with Crippen molar-refractivity contribution < 1.29 is 60.4 Å². The van der Waals surface area contributed by atoms with Crippen LogP contribution in [0.25, 0.3) is 0 Å². The molecule has 4 heterocycles. The van der Waals surface area contributed by atoms with E-state index in [4.69, 9.17) is 29.3 Å². The van der Waals surface area contributed by atoms with Crippen molar-refractivity contribution in [3.8, 4) is 5.88 Å². The molecule has 2 aliphatic heterocycles. The quantitative estimate of drug-likeness (QED) is 0.549. The largest absolute Gasteiger partial charge is 0.490 e. The number of hydrogen-bond donors (Lipinski definition) is 2. The van der Waals surface area contributed by atoms with Crippen LogP contribution in [0.4, 0.5) is 26.3 Å². The first-order chi connectivity index (χ1) is 17.7. The van der Waals surface area contributed by atoms with Gasteiger partial charge in [0.15, 0.2) is 0 Å². The number of likely N-dealkylation sites (tertiary alicyclic amines) is 1. The van der Waals surface area contributed by atoms with Crippen molar-refractivity contribution in [1.29, 1.82) is 0 Å². The van der Waals surface area contributed by atoms with E-state index in [1.807, 2.05) is 23.1 Å². The molecule has 0 unspecified atom stereocenters. The van der Waals surface area contributed by atoms with Gasteiger partial charge in [0.1, 0.15) is 12.2 Å². The summed E-state index contributed by atoms with van der Waals surface area (Å²) < 4.78 is 75.4. The van der Waals surface area contributed by atoms with E-state index in [2.05, 4.69) is 9.97 Å². The molecule has 2 N–H and O–H groups in total. The Morgan fingerprint density at radius 2 is 1.53 bits per heavy atom. The zero-order chi connectivity index (χ0) is 28.5. The van der Waals surface area contributed by atoms with Crippen LogP contribution in [0.1, 0.15) is 23.2 Å². The van der Waals surface area contributed by atoms with Gasteiger partial charge in [-0.3, -0.25) is 9.78 Å². The fourth-order valence-electron chi connectivity index (χ4n) is 3.48. The van der Waals surface area contributed by atoms with Gasteiger partial charge >= 0.3 is 24.3 Å². The van der Waals surface area contributed by atoms with Crippen molar-refractivity contribution in [2.45, 2.75) is 43.4 Å². The van der Waals surface area contributed by atoms with Crippen molar-refractivity contribution in [1.82, 2.24) is 14.9 Å². The van der Waals surface area contributed by atoms with Crippen molar-refractivity contribution >= 4 is 17.8 Å². The van der Waals surface area contributed by atoms with E-state index in [0.717, 1.165) is 12.8 Å². The Morgan fingerprint density at radius 3 is 2.03 bits per heavy atom. The maximum absolute atomic E-state index is 12.9. The molecule has 2 aromatic heterocycles. The molecule has 2 fully saturated rings. The second-order valence-electron chi connectivity index (χ2n) is 7.67. The summed E-state index contributed by atoms with van der Waals surface area (Å²) in [7, 11) is 0. The van der Waals surface area contributed by atoms with E-state index < -0.39 is 24.3 Å². The Kier molecular flexibility index (Phi) is 10.4. The van der Waals surface area contributed by atoms with Crippen molar-refractivity contribution in [3.63, 3.8) is 0 Å². The zero-order valence-electron chi connectivity index (χ0n) is 19.2. The highest BCUT2D eigenvalue weighted by molar-refractivity contribution is 5.94. The van der Waals surface area contributed by atoms with Crippen LogP contribution in [0.2, 0.25) is 0 Å². The monoisotopic (exact) mass is 553 g/mol. The van der Waals surface area contributed by atoms with E-state index in [1.165, 1.54) is 0 Å². The normalized spacial score (nSPS) is 20.6. The third-order valence-electron chi connectivity index (χ3n) is 5.06. The van der Waals surface area contributed by atoms with E-state index in [9.17, 15) is 31.1 Å². The average Bonchev–Trinajstić information content (AvgIpc) is 3.23. The summed E-state index contributed by atoms with van der Waals surface area (Å²) in [6, 6.07) is 9.09. The molecule has 0 radical (unpaired) electrons. The molecule has 16 heteroatoms. The summed E-state index contributed by atoms with van der Waals surface area (Å²) in [6.07, 6.45) is -3.60. The summed E-state index contributed by atoms with van der Waals surface area (Å²) in [5.74, 6) is -4.95. The maximum atomic E-state index is 12.9. The minimum atomic E-state index is -5.08. The highest BCUT2D eigenvalue weighted by Gasteiger charge is 2.47. The maximum Gasteiger partial charge on any atom is 0.490 e. The lowest BCUT2D eigenvalue weighted by Gasteiger charge is -2.32. The highest BCUT2D eigenvalue weighted by Crippen LogP contribution is 2.32.